The second-order valence-electron chi connectivity index (χ2n) is 7.81. The maximum absolute atomic E-state index is 11.5. The van der Waals surface area contributed by atoms with E-state index in [1.165, 1.54) is 25.7 Å². The molecule has 0 radical (unpaired) electrons. The lowest BCUT2D eigenvalue weighted by Crippen LogP contribution is -2.50. The van der Waals surface area contributed by atoms with Crippen molar-refractivity contribution in [2.45, 2.75) is 46.5 Å². The number of nitrogens with one attached hydrogen (secondary N) is 1. The average Bonchev–Trinajstić information content (AvgIpc) is 2.55. The largest absolute Gasteiger partial charge is 0.357 e. The van der Waals surface area contributed by atoms with Crippen molar-refractivity contribution in [3.8, 4) is 0 Å². The highest BCUT2D eigenvalue weighted by Gasteiger charge is 2.31. The minimum atomic E-state index is -2.80. The molecule has 7 heteroatoms. The first-order valence-electron chi connectivity index (χ1n) is 9.83. The first kappa shape index (κ1) is 20.5. The molecule has 0 spiro atoms. The van der Waals surface area contributed by atoms with Crippen LogP contribution in [0.5, 0.6) is 0 Å². The van der Waals surface area contributed by atoms with Gasteiger partial charge >= 0.3 is 0 Å². The van der Waals surface area contributed by atoms with Crippen molar-refractivity contribution in [3.05, 3.63) is 0 Å². The summed E-state index contributed by atoms with van der Waals surface area (Å²) in [4.78, 5) is 9.47. The lowest BCUT2D eigenvalue weighted by atomic mass is 9.78. The first-order valence-corrected chi connectivity index (χ1v) is 11.7. The molecule has 0 aromatic heterocycles. The van der Waals surface area contributed by atoms with Crippen LogP contribution in [0.15, 0.2) is 4.99 Å². The zero-order valence-electron chi connectivity index (χ0n) is 16.3. The quantitative estimate of drug-likeness (QED) is 0.566. The molecule has 2 fully saturated rings. The van der Waals surface area contributed by atoms with Crippen LogP contribution in [0.3, 0.4) is 0 Å². The third kappa shape index (κ3) is 6.44. The molecule has 2 aliphatic heterocycles. The first-order chi connectivity index (χ1) is 11.9. The third-order valence-electron chi connectivity index (χ3n) is 5.38. The van der Waals surface area contributed by atoms with Gasteiger partial charge in [-0.15, -0.1) is 0 Å². The molecule has 0 amide bonds. The number of piperidine rings is 1. The van der Waals surface area contributed by atoms with E-state index in [0.717, 1.165) is 38.7 Å². The smallest absolute Gasteiger partial charge is 0.193 e. The van der Waals surface area contributed by atoms with Crippen LogP contribution in [0, 0.1) is 5.41 Å². The van der Waals surface area contributed by atoms with Crippen LogP contribution in [0.25, 0.3) is 0 Å². The second kappa shape index (κ2) is 9.21. The zero-order valence-corrected chi connectivity index (χ0v) is 17.1. The molecule has 0 aromatic carbocycles. The fourth-order valence-electron chi connectivity index (χ4n) is 4.00. The van der Waals surface area contributed by atoms with Crippen LogP contribution >= 0.6 is 0 Å². The molecule has 1 unspecified atom stereocenters. The number of nitrogens with zero attached hydrogens (tertiary/aromatic N) is 3. The molecule has 2 rings (SSSR count). The Labute approximate surface area is 154 Å². The minimum Gasteiger partial charge on any atom is -0.357 e. The predicted octanol–water partition coefficient (Wildman–Crippen LogP) is 1.58. The molecule has 146 valence electrons. The summed E-state index contributed by atoms with van der Waals surface area (Å²) in [5.74, 6) is 1.60. The average molecular weight is 373 g/mol. The van der Waals surface area contributed by atoms with Crippen LogP contribution in [0.2, 0.25) is 0 Å². The van der Waals surface area contributed by atoms with Crippen LogP contribution in [-0.4, -0.2) is 81.5 Å². The van der Waals surface area contributed by atoms with Crippen molar-refractivity contribution in [3.63, 3.8) is 0 Å². The van der Waals surface area contributed by atoms with Gasteiger partial charge in [-0.2, -0.15) is 0 Å². The molecule has 0 aliphatic carbocycles. The standard InChI is InChI=1S/C18H36N4O2S/c1-4-7-18(3)8-6-10-22(16-18)17(19-5-2)20-9-11-21-12-14-25(23,24)15-13-21/h4-16H2,1-3H3,(H,19,20). The Morgan fingerprint density at radius 1 is 1.20 bits per heavy atom. The molecule has 6 nitrogen and oxygen atoms in total. The van der Waals surface area contributed by atoms with E-state index in [2.05, 4.69) is 35.9 Å². The predicted molar refractivity (Wildman–Crippen MR) is 105 cm³/mol. The monoisotopic (exact) mass is 372 g/mol. The molecular weight excluding hydrogens is 336 g/mol. The summed E-state index contributed by atoms with van der Waals surface area (Å²) in [5, 5.41) is 3.44. The van der Waals surface area contributed by atoms with Gasteiger partial charge in [0.15, 0.2) is 15.8 Å². The van der Waals surface area contributed by atoms with Crippen molar-refractivity contribution in [2.75, 3.05) is 57.3 Å². The summed E-state index contributed by atoms with van der Waals surface area (Å²) in [6.45, 7) is 12.7. The van der Waals surface area contributed by atoms with E-state index in [-0.39, 0.29) is 11.5 Å². The fourth-order valence-corrected chi connectivity index (χ4v) is 5.28. The topological polar surface area (TPSA) is 65.0 Å². The molecule has 1 atom stereocenters. The lowest BCUT2D eigenvalue weighted by Gasteiger charge is -2.42. The van der Waals surface area contributed by atoms with Crippen molar-refractivity contribution in [1.82, 2.24) is 15.1 Å². The van der Waals surface area contributed by atoms with Gasteiger partial charge in [-0.3, -0.25) is 9.89 Å². The maximum Gasteiger partial charge on any atom is 0.193 e. The molecule has 2 saturated heterocycles. The van der Waals surface area contributed by atoms with E-state index < -0.39 is 9.84 Å². The molecule has 2 aliphatic rings. The Hall–Kier alpha value is -0.820. The summed E-state index contributed by atoms with van der Waals surface area (Å²) < 4.78 is 23.0. The molecule has 2 heterocycles. The van der Waals surface area contributed by atoms with Crippen LogP contribution < -0.4 is 5.32 Å². The highest BCUT2D eigenvalue weighted by atomic mass is 32.2. The molecule has 1 N–H and O–H groups in total. The molecule has 25 heavy (non-hydrogen) atoms. The van der Waals surface area contributed by atoms with Crippen molar-refractivity contribution < 1.29 is 8.42 Å². The summed E-state index contributed by atoms with van der Waals surface area (Å²) >= 11 is 0. The van der Waals surface area contributed by atoms with Crippen LogP contribution in [0.4, 0.5) is 0 Å². The number of hydrogen-bond acceptors (Lipinski definition) is 4. The maximum atomic E-state index is 11.5. The van der Waals surface area contributed by atoms with Gasteiger partial charge in [-0.05, 0) is 31.6 Å². The minimum absolute atomic E-state index is 0.290. The van der Waals surface area contributed by atoms with E-state index in [1.807, 2.05) is 0 Å². The number of sulfone groups is 1. The Morgan fingerprint density at radius 3 is 2.56 bits per heavy atom. The van der Waals surface area contributed by atoms with E-state index in [1.54, 1.807) is 0 Å². The summed E-state index contributed by atoms with van der Waals surface area (Å²) in [6, 6.07) is 0. The van der Waals surface area contributed by atoms with Crippen molar-refractivity contribution in [1.29, 1.82) is 0 Å². The van der Waals surface area contributed by atoms with Gasteiger partial charge in [-0.25, -0.2) is 8.42 Å². The number of guanidine groups is 1. The second-order valence-corrected chi connectivity index (χ2v) is 10.1. The van der Waals surface area contributed by atoms with Gasteiger partial charge in [0.1, 0.15) is 0 Å². The SMILES string of the molecule is CCCC1(C)CCCN(C(=NCCN2CCS(=O)(=O)CC2)NCC)C1. The third-order valence-corrected chi connectivity index (χ3v) is 6.99. The fraction of sp³-hybridized carbons (Fsp3) is 0.944. The summed E-state index contributed by atoms with van der Waals surface area (Å²) in [6.07, 6.45) is 5.03. The molecule has 0 bridgehead atoms. The van der Waals surface area contributed by atoms with Crippen molar-refractivity contribution in [2.24, 2.45) is 10.4 Å². The van der Waals surface area contributed by atoms with E-state index in [4.69, 9.17) is 4.99 Å². The van der Waals surface area contributed by atoms with Gasteiger partial charge < -0.3 is 10.2 Å². The van der Waals surface area contributed by atoms with Gasteiger partial charge in [0, 0.05) is 39.3 Å². The van der Waals surface area contributed by atoms with E-state index >= 15 is 0 Å². The van der Waals surface area contributed by atoms with Gasteiger partial charge in [-0.1, -0.05) is 20.3 Å². The number of aliphatic imine (C=N–C) groups is 1. The Balaban J connectivity index is 1.89. The van der Waals surface area contributed by atoms with E-state index in [9.17, 15) is 8.42 Å². The summed E-state index contributed by atoms with van der Waals surface area (Å²) in [7, 11) is -2.80. The number of hydrogen-bond donors (Lipinski definition) is 1. The van der Waals surface area contributed by atoms with Crippen LogP contribution in [0.1, 0.15) is 46.5 Å². The molecular formula is C18H36N4O2S. The number of rotatable bonds is 6. The Kier molecular flexibility index (Phi) is 7.55. The molecule has 0 aromatic rings. The summed E-state index contributed by atoms with van der Waals surface area (Å²) in [5.41, 5.74) is 0.393. The zero-order chi connectivity index (χ0) is 18.3. The lowest BCUT2D eigenvalue weighted by molar-refractivity contribution is 0.142. The molecule has 0 saturated carbocycles. The Morgan fingerprint density at radius 2 is 1.92 bits per heavy atom. The van der Waals surface area contributed by atoms with Gasteiger partial charge in [0.05, 0.1) is 18.1 Å². The Bertz CT molecular complexity index is 531. The highest BCUT2D eigenvalue weighted by molar-refractivity contribution is 7.91. The van der Waals surface area contributed by atoms with Gasteiger partial charge in [0.2, 0.25) is 0 Å². The van der Waals surface area contributed by atoms with Gasteiger partial charge in [0.25, 0.3) is 0 Å². The highest BCUT2D eigenvalue weighted by Crippen LogP contribution is 2.33. The normalized spacial score (nSPS) is 28.1. The number of likely N-dealkylation sites (tertiary alicyclic amines) is 1. The van der Waals surface area contributed by atoms with Crippen molar-refractivity contribution >= 4 is 15.8 Å². The van der Waals surface area contributed by atoms with E-state index in [0.29, 0.717) is 18.5 Å². The van der Waals surface area contributed by atoms with Crippen LogP contribution in [-0.2, 0) is 9.84 Å².